The van der Waals surface area contributed by atoms with Crippen LogP contribution in [0.25, 0.3) is 10.9 Å². The van der Waals surface area contributed by atoms with E-state index in [1.54, 1.807) is 37.6 Å². The lowest BCUT2D eigenvalue weighted by Gasteiger charge is -2.32. The van der Waals surface area contributed by atoms with Crippen LogP contribution in [0.5, 0.6) is 11.5 Å². The minimum atomic E-state index is -0.190. The maximum absolute atomic E-state index is 12.6. The Labute approximate surface area is 168 Å². The highest BCUT2D eigenvalue weighted by atomic mass is 16.5. The fraction of sp³-hybridized carbons (Fsp3) is 0.318. The number of ether oxygens (including phenoxy) is 2. The van der Waals surface area contributed by atoms with E-state index in [4.69, 9.17) is 9.47 Å². The summed E-state index contributed by atoms with van der Waals surface area (Å²) in [5.74, 6) is 1.39. The van der Waals surface area contributed by atoms with Gasteiger partial charge in [0.25, 0.3) is 11.5 Å². The molecule has 150 valence electrons. The number of hydrogen-bond acceptors (Lipinski definition) is 5. The number of nitrogens with one attached hydrogen (secondary N) is 1. The van der Waals surface area contributed by atoms with Gasteiger partial charge in [-0.3, -0.25) is 14.6 Å². The van der Waals surface area contributed by atoms with Gasteiger partial charge in [0, 0.05) is 36.3 Å². The molecule has 1 aliphatic rings. The molecule has 0 radical (unpaired) electrons. The first-order valence-electron chi connectivity index (χ1n) is 9.66. The van der Waals surface area contributed by atoms with E-state index < -0.39 is 0 Å². The average Bonchev–Trinajstić information content (AvgIpc) is 2.78. The van der Waals surface area contributed by atoms with E-state index in [2.05, 4.69) is 9.97 Å². The normalized spacial score (nSPS) is 16.6. The first-order valence-corrected chi connectivity index (χ1v) is 9.66. The molecule has 0 bridgehead atoms. The van der Waals surface area contributed by atoms with Crippen LogP contribution in [0, 0.1) is 0 Å². The van der Waals surface area contributed by atoms with E-state index in [9.17, 15) is 9.59 Å². The van der Waals surface area contributed by atoms with Crippen molar-refractivity contribution in [3.8, 4) is 11.5 Å². The van der Waals surface area contributed by atoms with Crippen LogP contribution in [0.2, 0.25) is 0 Å². The second-order valence-electron chi connectivity index (χ2n) is 7.14. The fourth-order valence-corrected chi connectivity index (χ4v) is 3.70. The number of amides is 1. The van der Waals surface area contributed by atoms with Gasteiger partial charge in [-0.15, -0.1) is 0 Å². The largest absolute Gasteiger partial charge is 0.497 e. The quantitative estimate of drug-likeness (QED) is 0.721. The Hall–Kier alpha value is -3.35. The van der Waals surface area contributed by atoms with Crippen LogP contribution in [0.15, 0.2) is 53.5 Å². The van der Waals surface area contributed by atoms with Crippen LogP contribution in [-0.2, 0) is 4.79 Å². The number of aromatic nitrogens is 2. The summed E-state index contributed by atoms with van der Waals surface area (Å²) in [5.41, 5.74) is 1.10. The molecule has 1 atom stereocenters. The van der Waals surface area contributed by atoms with Crippen molar-refractivity contribution in [2.24, 2.45) is 0 Å². The first kappa shape index (κ1) is 19.0. The van der Waals surface area contributed by atoms with E-state index >= 15 is 0 Å². The van der Waals surface area contributed by atoms with Crippen LogP contribution < -0.4 is 15.0 Å². The van der Waals surface area contributed by atoms with Crippen molar-refractivity contribution in [3.05, 3.63) is 64.7 Å². The number of piperidine rings is 1. The summed E-state index contributed by atoms with van der Waals surface area (Å²) < 4.78 is 10.7. The Balaban J connectivity index is 1.42. The van der Waals surface area contributed by atoms with Gasteiger partial charge in [-0.2, -0.15) is 0 Å². The Morgan fingerprint density at radius 2 is 2.03 bits per heavy atom. The van der Waals surface area contributed by atoms with Gasteiger partial charge >= 0.3 is 0 Å². The predicted octanol–water partition coefficient (Wildman–Crippen LogP) is 2.72. The Morgan fingerprint density at radius 1 is 1.24 bits per heavy atom. The fourth-order valence-electron chi connectivity index (χ4n) is 3.70. The molecule has 2 aromatic heterocycles. The summed E-state index contributed by atoms with van der Waals surface area (Å²) in [6.45, 7) is 1.24. The van der Waals surface area contributed by atoms with E-state index in [0.717, 1.165) is 29.7 Å². The minimum Gasteiger partial charge on any atom is -0.497 e. The number of pyridine rings is 2. The molecule has 0 unspecified atom stereocenters. The van der Waals surface area contributed by atoms with Gasteiger partial charge in [-0.25, -0.2) is 0 Å². The molecule has 1 aromatic carbocycles. The molecule has 1 aliphatic heterocycles. The summed E-state index contributed by atoms with van der Waals surface area (Å²) in [7, 11) is 1.60. The maximum Gasteiger partial charge on any atom is 0.274 e. The SMILES string of the molecule is COc1ccc(OCC(=O)N2CCC[C@H](c3cc4cccnc4c(=O)[nH]3)C2)cc1. The third-order valence-corrected chi connectivity index (χ3v) is 5.26. The van der Waals surface area contributed by atoms with E-state index in [1.165, 1.54) is 0 Å². The van der Waals surface area contributed by atoms with Crippen molar-refractivity contribution >= 4 is 16.8 Å². The topological polar surface area (TPSA) is 84.5 Å². The molecule has 1 fully saturated rings. The summed E-state index contributed by atoms with van der Waals surface area (Å²) in [6.07, 6.45) is 3.41. The molecule has 4 rings (SSSR count). The van der Waals surface area contributed by atoms with Crippen molar-refractivity contribution in [2.45, 2.75) is 18.8 Å². The molecular weight excluding hydrogens is 370 g/mol. The summed E-state index contributed by atoms with van der Waals surface area (Å²) in [5, 5.41) is 0.817. The van der Waals surface area contributed by atoms with Gasteiger partial charge in [-0.05, 0) is 49.2 Å². The molecule has 1 saturated heterocycles. The molecule has 7 nitrogen and oxygen atoms in total. The number of methoxy groups -OCH3 is 1. The molecule has 7 heteroatoms. The second-order valence-corrected chi connectivity index (χ2v) is 7.14. The Kier molecular flexibility index (Phi) is 5.46. The standard InChI is InChI=1S/C22H23N3O4/c1-28-17-6-8-18(9-7-17)29-14-20(26)25-11-3-5-16(13-25)19-12-15-4-2-10-23-21(15)22(27)24-19/h2,4,6-10,12,16H,3,5,11,13-14H2,1H3,(H,24,27)/t16-/m0/s1. The number of fused-ring (bicyclic) bond motifs is 1. The average molecular weight is 393 g/mol. The Bertz CT molecular complexity index is 1060. The molecule has 29 heavy (non-hydrogen) atoms. The molecule has 0 saturated carbocycles. The summed E-state index contributed by atoms with van der Waals surface area (Å²) in [4.78, 5) is 33.9. The third kappa shape index (κ3) is 4.23. The van der Waals surface area contributed by atoms with Crippen LogP contribution in [0.1, 0.15) is 24.5 Å². The van der Waals surface area contributed by atoms with Crippen molar-refractivity contribution in [3.63, 3.8) is 0 Å². The third-order valence-electron chi connectivity index (χ3n) is 5.26. The van der Waals surface area contributed by atoms with Crippen molar-refractivity contribution in [1.29, 1.82) is 0 Å². The van der Waals surface area contributed by atoms with Gasteiger partial charge in [0.05, 0.1) is 7.11 Å². The van der Waals surface area contributed by atoms with Gasteiger partial charge in [0.15, 0.2) is 6.61 Å². The molecular formula is C22H23N3O4. The highest BCUT2D eigenvalue weighted by molar-refractivity contribution is 5.79. The number of rotatable bonds is 5. The number of benzene rings is 1. The molecule has 1 amide bonds. The Morgan fingerprint density at radius 3 is 2.83 bits per heavy atom. The lowest BCUT2D eigenvalue weighted by atomic mass is 9.93. The number of carbonyl (C=O) groups is 1. The van der Waals surface area contributed by atoms with Crippen LogP contribution >= 0.6 is 0 Å². The van der Waals surface area contributed by atoms with Crippen LogP contribution in [0.3, 0.4) is 0 Å². The zero-order valence-corrected chi connectivity index (χ0v) is 16.3. The molecule has 0 spiro atoms. The highest BCUT2D eigenvalue weighted by Crippen LogP contribution is 2.26. The molecule has 0 aliphatic carbocycles. The maximum atomic E-state index is 12.6. The second kappa shape index (κ2) is 8.34. The predicted molar refractivity (Wildman–Crippen MR) is 109 cm³/mol. The van der Waals surface area contributed by atoms with Gasteiger partial charge in [-0.1, -0.05) is 6.07 Å². The number of H-pyrrole nitrogens is 1. The van der Waals surface area contributed by atoms with E-state index in [0.29, 0.717) is 24.4 Å². The number of aromatic amines is 1. The minimum absolute atomic E-state index is 0.0167. The van der Waals surface area contributed by atoms with Crippen molar-refractivity contribution in [1.82, 2.24) is 14.9 Å². The highest BCUT2D eigenvalue weighted by Gasteiger charge is 2.26. The number of carbonyl (C=O) groups excluding carboxylic acids is 1. The number of hydrogen-bond donors (Lipinski definition) is 1. The zero-order valence-electron chi connectivity index (χ0n) is 16.3. The molecule has 3 aromatic rings. The van der Waals surface area contributed by atoms with Crippen molar-refractivity contribution < 1.29 is 14.3 Å². The lowest BCUT2D eigenvalue weighted by Crippen LogP contribution is -2.42. The molecule has 1 N–H and O–H groups in total. The van der Waals surface area contributed by atoms with Crippen LogP contribution in [0.4, 0.5) is 0 Å². The van der Waals surface area contributed by atoms with E-state index in [1.807, 2.05) is 23.1 Å². The van der Waals surface area contributed by atoms with Crippen molar-refractivity contribution in [2.75, 3.05) is 26.8 Å². The summed E-state index contributed by atoms with van der Waals surface area (Å²) in [6, 6.07) is 12.8. The summed E-state index contributed by atoms with van der Waals surface area (Å²) >= 11 is 0. The number of likely N-dealkylation sites (tertiary alicyclic amines) is 1. The molecule has 3 heterocycles. The van der Waals surface area contributed by atoms with Gasteiger partial charge in [0.2, 0.25) is 0 Å². The smallest absolute Gasteiger partial charge is 0.274 e. The van der Waals surface area contributed by atoms with Crippen LogP contribution in [-0.4, -0.2) is 47.6 Å². The number of nitrogens with zero attached hydrogens (tertiary/aromatic N) is 2. The van der Waals surface area contributed by atoms with Gasteiger partial charge in [0.1, 0.15) is 17.0 Å². The monoisotopic (exact) mass is 393 g/mol. The zero-order chi connectivity index (χ0) is 20.2. The first-order chi connectivity index (χ1) is 14.1. The lowest BCUT2D eigenvalue weighted by molar-refractivity contribution is -0.134. The van der Waals surface area contributed by atoms with Gasteiger partial charge < -0.3 is 19.4 Å². The van der Waals surface area contributed by atoms with E-state index in [-0.39, 0.29) is 24.0 Å².